The fraction of sp³-hybridized carbons (Fsp3) is 0.308. The second-order valence-corrected chi connectivity index (χ2v) is 8.31. The minimum absolute atomic E-state index is 0.0272. The summed E-state index contributed by atoms with van der Waals surface area (Å²) in [4.78, 5) is 53.6. The van der Waals surface area contributed by atoms with E-state index in [4.69, 9.17) is 10.5 Å². The van der Waals surface area contributed by atoms with E-state index in [1.54, 1.807) is 29.2 Å². The van der Waals surface area contributed by atoms with Gasteiger partial charge in [0.2, 0.25) is 5.91 Å². The highest BCUT2D eigenvalue weighted by atomic mass is 16.5. The number of unbranched alkanes of at least 4 members (excludes halogenated alkanes) is 1. The van der Waals surface area contributed by atoms with Gasteiger partial charge in [-0.15, -0.1) is 0 Å². The maximum atomic E-state index is 12.9. The van der Waals surface area contributed by atoms with Gasteiger partial charge in [0.1, 0.15) is 11.5 Å². The summed E-state index contributed by atoms with van der Waals surface area (Å²) in [6.07, 6.45) is 1.56. The molecule has 10 nitrogen and oxygen atoms in total. The number of H-pyrrole nitrogens is 1. The van der Waals surface area contributed by atoms with Crippen LogP contribution in [0.15, 0.2) is 64.2 Å². The Labute approximate surface area is 208 Å². The molecule has 36 heavy (non-hydrogen) atoms. The molecule has 0 fully saturated rings. The second-order valence-electron chi connectivity index (χ2n) is 8.31. The molecule has 0 unspecified atom stereocenters. The van der Waals surface area contributed by atoms with Crippen molar-refractivity contribution in [2.75, 3.05) is 24.3 Å². The summed E-state index contributed by atoms with van der Waals surface area (Å²) < 4.78 is 6.02. The zero-order chi connectivity index (χ0) is 26.1. The molecule has 2 aromatic carbocycles. The number of amides is 1. The monoisotopic (exact) mass is 493 g/mol. The number of aromatic nitrogens is 2. The van der Waals surface area contributed by atoms with Gasteiger partial charge in [0.05, 0.1) is 19.2 Å². The van der Waals surface area contributed by atoms with Gasteiger partial charge in [0, 0.05) is 19.6 Å². The molecule has 1 amide bonds. The van der Waals surface area contributed by atoms with Crippen LogP contribution in [0.25, 0.3) is 0 Å². The van der Waals surface area contributed by atoms with E-state index in [0.717, 1.165) is 17.5 Å². The summed E-state index contributed by atoms with van der Waals surface area (Å²) in [5.41, 5.74) is 7.23. The molecule has 0 spiro atoms. The molecule has 0 aliphatic rings. The van der Waals surface area contributed by atoms with Gasteiger partial charge in [0.25, 0.3) is 5.56 Å². The number of rotatable bonds is 11. The Morgan fingerprint density at radius 1 is 1.06 bits per heavy atom. The number of nitrogens with one attached hydrogen (secondary N) is 2. The molecule has 0 aliphatic carbocycles. The summed E-state index contributed by atoms with van der Waals surface area (Å²) in [7, 11) is 1.31. The third kappa shape index (κ3) is 6.62. The Kier molecular flexibility index (Phi) is 9.04. The average molecular weight is 494 g/mol. The van der Waals surface area contributed by atoms with Gasteiger partial charge < -0.3 is 20.7 Å². The number of nitrogens with two attached hydrogens (primary N) is 1. The fourth-order valence-corrected chi connectivity index (χ4v) is 3.75. The summed E-state index contributed by atoms with van der Waals surface area (Å²) in [5, 5.41) is 2.83. The minimum Gasteiger partial charge on any atom is -0.465 e. The maximum absolute atomic E-state index is 12.9. The number of carbonyl (C=O) groups excluding carboxylic acids is 2. The van der Waals surface area contributed by atoms with Crippen molar-refractivity contribution in [2.45, 2.75) is 39.4 Å². The van der Waals surface area contributed by atoms with E-state index in [2.05, 4.69) is 10.3 Å². The lowest BCUT2D eigenvalue weighted by Crippen LogP contribution is -2.42. The number of nitrogen functional groups attached to an aromatic ring is 1. The fourth-order valence-electron chi connectivity index (χ4n) is 3.75. The molecule has 10 heteroatoms. The van der Waals surface area contributed by atoms with Crippen molar-refractivity contribution in [3.8, 4) is 0 Å². The van der Waals surface area contributed by atoms with Crippen LogP contribution < -0.4 is 27.2 Å². The highest BCUT2D eigenvalue weighted by Gasteiger charge is 2.21. The largest absolute Gasteiger partial charge is 0.465 e. The number of esters is 1. The number of ether oxygens (including phenoxy) is 1. The van der Waals surface area contributed by atoms with Crippen LogP contribution in [0.2, 0.25) is 0 Å². The van der Waals surface area contributed by atoms with E-state index in [0.29, 0.717) is 18.5 Å². The molecule has 0 bridgehead atoms. The van der Waals surface area contributed by atoms with Gasteiger partial charge in [-0.05, 0) is 29.7 Å². The van der Waals surface area contributed by atoms with E-state index < -0.39 is 17.2 Å². The number of anilines is 2. The van der Waals surface area contributed by atoms with E-state index in [1.807, 2.05) is 37.3 Å². The van der Waals surface area contributed by atoms with Crippen LogP contribution in [-0.4, -0.2) is 35.1 Å². The van der Waals surface area contributed by atoms with Crippen LogP contribution in [0.1, 0.15) is 41.3 Å². The van der Waals surface area contributed by atoms with Crippen molar-refractivity contribution in [3.63, 3.8) is 0 Å². The molecular weight excluding hydrogens is 462 g/mol. The lowest BCUT2D eigenvalue weighted by molar-refractivity contribution is -0.119. The number of hydrogen-bond acceptors (Lipinski definition) is 7. The smallest absolute Gasteiger partial charge is 0.337 e. The van der Waals surface area contributed by atoms with E-state index in [1.165, 1.54) is 11.7 Å². The summed E-state index contributed by atoms with van der Waals surface area (Å²) in [5.74, 6) is -0.752. The van der Waals surface area contributed by atoms with Gasteiger partial charge in [-0.25, -0.2) is 9.59 Å². The molecule has 0 aliphatic heterocycles. The van der Waals surface area contributed by atoms with Gasteiger partial charge in [-0.2, -0.15) is 0 Å². The quantitative estimate of drug-likeness (QED) is 0.347. The van der Waals surface area contributed by atoms with Crippen LogP contribution >= 0.6 is 0 Å². The summed E-state index contributed by atoms with van der Waals surface area (Å²) >= 11 is 0. The van der Waals surface area contributed by atoms with Gasteiger partial charge >= 0.3 is 11.7 Å². The van der Waals surface area contributed by atoms with Gasteiger partial charge in [-0.1, -0.05) is 55.8 Å². The first-order valence-electron chi connectivity index (χ1n) is 11.7. The lowest BCUT2D eigenvalue weighted by atomic mass is 10.1. The zero-order valence-corrected chi connectivity index (χ0v) is 20.5. The van der Waals surface area contributed by atoms with Gasteiger partial charge in [-0.3, -0.25) is 19.1 Å². The molecule has 0 saturated heterocycles. The molecule has 0 atom stereocenters. The van der Waals surface area contributed by atoms with Crippen molar-refractivity contribution >= 4 is 23.4 Å². The highest BCUT2D eigenvalue weighted by molar-refractivity contribution is 5.89. The van der Waals surface area contributed by atoms with Crippen molar-refractivity contribution in [2.24, 2.45) is 0 Å². The van der Waals surface area contributed by atoms with Crippen molar-refractivity contribution in [3.05, 3.63) is 92.1 Å². The van der Waals surface area contributed by atoms with Crippen LogP contribution in [0.3, 0.4) is 0 Å². The molecule has 1 heterocycles. The number of nitrogens with zero attached hydrogens (tertiary/aromatic N) is 2. The Balaban J connectivity index is 1.83. The number of methoxy groups -OCH3 is 1. The number of hydrogen-bond donors (Lipinski definition) is 3. The molecule has 4 N–H and O–H groups in total. The van der Waals surface area contributed by atoms with E-state index in [-0.39, 0.29) is 37.0 Å². The lowest BCUT2D eigenvalue weighted by Gasteiger charge is -2.26. The minimum atomic E-state index is -0.646. The Hall–Kier alpha value is -4.34. The van der Waals surface area contributed by atoms with Gasteiger partial charge in [0.15, 0.2) is 0 Å². The molecule has 0 radical (unpaired) electrons. The molecule has 3 rings (SSSR count). The van der Waals surface area contributed by atoms with E-state index in [9.17, 15) is 19.2 Å². The van der Waals surface area contributed by atoms with Crippen molar-refractivity contribution < 1.29 is 14.3 Å². The number of benzene rings is 2. The summed E-state index contributed by atoms with van der Waals surface area (Å²) in [6.45, 7) is 2.65. The average Bonchev–Trinajstić information content (AvgIpc) is 2.87. The molecule has 3 aromatic rings. The first kappa shape index (κ1) is 26.3. The number of aromatic amines is 1. The predicted octanol–water partition coefficient (Wildman–Crippen LogP) is 2.03. The standard InChI is InChI=1S/C26H31N5O5/c1-3-4-14-31-23(27)22(24(33)29-26(31)35)30(16-19-8-6-5-7-9-19)17-21(32)28-15-18-10-12-20(13-11-18)25(34)36-2/h5-13H,3-4,14-17,27H2,1-2H3,(H,28,32)(H,29,33,35). The SMILES string of the molecule is CCCCn1c(N)c(N(CC(=O)NCc2ccc(C(=O)OC)cc2)Cc2ccccc2)c(=O)[nH]c1=O. The Morgan fingerprint density at radius 3 is 2.39 bits per heavy atom. The maximum Gasteiger partial charge on any atom is 0.337 e. The Morgan fingerprint density at radius 2 is 1.75 bits per heavy atom. The highest BCUT2D eigenvalue weighted by Crippen LogP contribution is 2.19. The topological polar surface area (TPSA) is 140 Å². The molecule has 190 valence electrons. The first-order valence-corrected chi connectivity index (χ1v) is 11.7. The summed E-state index contributed by atoms with van der Waals surface area (Å²) in [6, 6.07) is 16.0. The second kappa shape index (κ2) is 12.4. The van der Waals surface area contributed by atoms with Crippen LogP contribution in [0, 0.1) is 0 Å². The third-order valence-corrected chi connectivity index (χ3v) is 5.68. The molecule has 1 aromatic heterocycles. The molecule has 0 saturated carbocycles. The van der Waals surface area contributed by atoms with Crippen LogP contribution in [0.4, 0.5) is 11.5 Å². The van der Waals surface area contributed by atoms with E-state index >= 15 is 0 Å². The predicted molar refractivity (Wildman–Crippen MR) is 138 cm³/mol. The van der Waals surface area contributed by atoms with Crippen molar-refractivity contribution in [1.82, 2.24) is 14.9 Å². The third-order valence-electron chi connectivity index (χ3n) is 5.68. The molecular formula is C26H31N5O5. The van der Waals surface area contributed by atoms with Crippen LogP contribution in [-0.2, 0) is 29.2 Å². The van der Waals surface area contributed by atoms with Crippen molar-refractivity contribution in [1.29, 1.82) is 0 Å². The first-order chi connectivity index (χ1) is 17.3. The number of carbonyl (C=O) groups is 2. The normalized spacial score (nSPS) is 10.6. The Bertz CT molecular complexity index is 1300. The zero-order valence-electron chi connectivity index (χ0n) is 20.5. The van der Waals surface area contributed by atoms with Crippen LogP contribution in [0.5, 0.6) is 0 Å².